The first-order valence-corrected chi connectivity index (χ1v) is 10.9. The van der Waals surface area contributed by atoms with Crippen molar-refractivity contribution in [2.45, 2.75) is 20.4 Å². The summed E-state index contributed by atoms with van der Waals surface area (Å²) in [5.41, 5.74) is 1.18. The van der Waals surface area contributed by atoms with E-state index in [4.69, 9.17) is 26.4 Å². The maximum Gasteiger partial charge on any atom is 0.253 e. The lowest BCUT2D eigenvalue weighted by atomic mass is 10.1. The van der Waals surface area contributed by atoms with Gasteiger partial charge in [0.25, 0.3) is 5.56 Å². The minimum Gasteiger partial charge on any atom is -0.493 e. The van der Waals surface area contributed by atoms with Gasteiger partial charge in [0.2, 0.25) is 0 Å². The largest absolute Gasteiger partial charge is 0.493 e. The Hall–Kier alpha value is -2.36. The molecule has 9 heteroatoms. The number of benzene rings is 1. The van der Waals surface area contributed by atoms with Crippen LogP contribution < -0.4 is 20.3 Å². The molecule has 2 aromatic rings. The molecule has 172 valence electrons. The van der Waals surface area contributed by atoms with Crippen molar-refractivity contribution in [2.75, 3.05) is 60.7 Å². The third kappa shape index (κ3) is 6.81. The number of rotatable bonds is 12. The number of likely N-dealkylation sites (N-methyl/N-ethyl adjacent to an activating group) is 1. The van der Waals surface area contributed by atoms with E-state index in [2.05, 4.69) is 29.0 Å². The van der Waals surface area contributed by atoms with Crippen molar-refractivity contribution in [3.05, 3.63) is 34.1 Å². The van der Waals surface area contributed by atoms with E-state index in [1.807, 2.05) is 17.0 Å². The number of pyridine rings is 1. The molecule has 0 saturated carbocycles. The molecule has 0 fully saturated rings. The number of H-pyrrole nitrogens is 1. The number of nitrogens with one attached hydrogen (secondary N) is 2. The maximum absolute atomic E-state index is 12.8. The first kappa shape index (κ1) is 24.9. The molecule has 0 aliphatic rings. The van der Waals surface area contributed by atoms with Gasteiger partial charge in [-0.2, -0.15) is 0 Å². The van der Waals surface area contributed by atoms with Crippen LogP contribution in [0.2, 0.25) is 0 Å². The Morgan fingerprint density at radius 3 is 2.35 bits per heavy atom. The Kier molecular flexibility index (Phi) is 10.0. The van der Waals surface area contributed by atoms with E-state index >= 15 is 0 Å². The zero-order valence-electron chi connectivity index (χ0n) is 19.1. The first-order valence-electron chi connectivity index (χ1n) is 10.5. The van der Waals surface area contributed by atoms with Crippen LogP contribution in [0.15, 0.2) is 23.0 Å². The second-order valence-corrected chi connectivity index (χ2v) is 7.48. The van der Waals surface area contributed by atoms with E-state index in [0.717, 1.165) is 25.0 Å². The van der Waals surface area contributed by atoms with Gasteiger partial charge in [0, 0.05) is 43.8 Å². The summed E-state index contributed by atoms with van der Waals surface area (Å²) in [5, 5.41) is 4.70. The van der Waals surface area contributed by atoms with Crippen LogP contribution in [0.1, 0.15) is 19.4 Å². The van der Waals surface area contributed by atoms with Crippen molar-refractivity contribution >= 4 is 28.2 Å². The number of nitrogens with zero attached hydrogens (tertiary/aromatic N) is 2. The van der Waals surface area contributed by atoms with Crippen LogP contribution in [0, 0.1) is 0 Å². The van der Waals surface area contributed by atoms with Gasteiger partial charge in [-0.15, -0.1) is 0 Å². The van der Waals surface area contributed by atoms with E-state index in [9.17, 15) is 4.79 Å². The summed E-state index contributed by atoms with van der Waals surface area (Å²) in [7, 11) is 4.82. The van der Waals surface area contributed by atoms with Crippen LogP contribution in [0.5, 0.6) is 11.5 Å². The Balaban J connectivity index is 2.31. The van der Waals surface area contributed by atoms with Gasteiger partial charge in [-0.1, -0.05) is 13.8 Å². The van der Waals surface area contributed by atoms with E-state index in [-0.39, 0.29) is 5.56 Å². The molecule has 0 aliphatic carbocycles. The van der Waals surface area contributed by atoms with Crippen LogP contribution in [0.4, 0.5) is 0 Å². The molecule has 1 aromatic heterocycles. The second kappa shape index (κ2) is 12.5. The van der Waals surface area contributed by atoms with Gasteiger partial charge in [-0.25, -0.2) is 0 Å². The molecule has 0 unspecified atom stereocenters. The zero-order valence-corrected chi connectivity index (χ0v) is 19.9. The quantitative estimate of drug-likeness (QED) is 0.376. The molecule has 0 amide bonds. The van der Waals surface area contributed by atoms with Crippen molar-refractivity contribution in [3.8, 4) is 11.5 Å². The predicted molar refractivity (Wildman–Crippen MR) is 128 cm³/mol. The maximum atomic E-state index is 12.8. The Bertz CT molecular complexity index is 914. The fourth-order valence-electron chi connectivity index (χ4n) is 3.33. The van der Waals surface area contributed by atoms with Crippen molar-refractivity contribution in [1.82, 2.24) is 20.1 Å². The molecule has 2 rings (SSSR count). The normalized spacial score (nSPS) is 11.0. The Morgan fingerprint density at radius 2 is 1.74 bits per heavy atom. The van der Waals surface area contributed by atoms with Crippen molar-refractivity contribution in [2.24, 2.45) is 0 Å². The summed E-state index contributed by atoms with van der Waals surface area (Å²) in [4.78, 5) is 20.1. The summed E-state index contributed by atoms with van der Waals surface area (Å²) in [6.45, 7) is 9.35. The lowest BCUT2D eigenvalue weighted by molar-refractivity contribution is 0.202. The average Bonchev–Trinajstić information content (AvgIpc) is 2.78. The summed E-state index contributed by atoms with van der Waals surface area (Å²) in [6, 6.07) is 5.52. The fourth-order valence-corrected chi connectivity index (χ4v) is 3.59. The topological polar surface area (TPSA) is 79.1 Å². The number of thiocarbonyl (C=S) groups is 1. The minimum absolute atomic E-state index is 0.146. The van der Waals surface area contributed by atoms with E-state index in [0.29, 0.717) is 53.9 Å². The van der Waals surface area contributed by atoms with Gasteiger partial charge in [0.15, 0.2) is 16.6 Å². The number of fused-ring (bicyclic) bond motifs is 1. The summed E-state index contributed by atoms with van der Waals surface area (Å²) < 4.78 is 15.8. The zero-order chi connectivity index (χ0) is 22.8. The van der Waals surface area contributed by atoms with Crippen LogP contribution in [0.3, 0.4) is 0 Å². The number of ether oxygens (including phenoxy) is 3. The smallest absolute Gasteiger partial charge is 0.253 e. The van der Waals surface area contributed by atoms with Gasteiger partial charge in [0.1, 0.15) is 0 Å². The highest BCUT2D eigenvalue weighted by atomic mass is 32.1. The van der Waals surface area contributed by atoms with Gasteiger partial charge in [-0.3, -0.25) is 4.79 Å². The number of aromatic amines is 1. The minimum atomic E-state index is -0.146. The fraction of sp³-hybridized carbons (Fsp3) is 0.545. The SMILES string of the molecule is CCN(CC)CCN(Cc1cc2cc(OC)c(OC)cc2[nH]c1=O)C(=S)NCCOC. The van der Waals surface area contributed by atoms with E-state index < -0.39 is 0 Å². The molecule has 2 N–H and O–H groups in total. The molecular formula is C22H34N4O4S. The second-order valence-electron chi connectivity index (χ2n) is 7.09. The molecule has 1 aromatic carbocycles. The number of hydrogen-bond acceptors (Lipinski definition) is 6. The molecule has 31 heavy (non-hydrogen) atoms. The summed E-state index contributed by atoms with van der Waals surface area (Å²) in [6.07, 6.45) is 0. The Morgan fingerprint density at radius 1 is 1.06 bits per heavy atom. The van der Waals surface area contributed by atoms with Gasteiger partial charge in [0.05, 0.1) is 32.9 Å². The highest BCUT2D eigenvalue weighted by Gasteiger charge is 2.15. The number of methoxy groups -OCH3 is 3. The van der Waals surface area contributed by atoms with Crippen LogP contribution in [0.25, 0.3) is 10.9 Å². The van der Waals surface area contributed by atoms with E-state index in [1.165, 1.54) is 0 Å². The lowest BCUT2D eigenvalue weighted by Gasteiger charge is -2.28. The highest BCUT2D eigenvalue weighted by molar-refractivity contribution is 7.80. The van der Waals surface area contributed by atoms with Crippen LogP contribution in [-0.2, 0) is 11.3 Å². The monoisotopic (exact) mass is 450 g/mol. The summed E-state index contributed by atoms with van der Waals surface area (Å²) in [5.74, 6) is 1.19. The van der Waals surface area contributed by atoms with Crippen molar-refractivity contribution in [3.63, 3.8) is 0 Å². The number of hydrogen-bond donors (Lipinski definition) is 2. The van der Waals surface area contributed by atoms with Gasteiger partial charge >= 0.3 is 0 Å². The van der Waals surface area contributed by atoms with Gasteiger partial charge in [-0.05, 0) is 37.4 Å². The van der Waals surface area contributed by atoms with Gasteiger partial charge < -0.3 is 34.3 Å². The summed E-state index contributed by atoms with van der Waals surface area (Å²) >= 11 is 5.62. The first-order chi connectivity index (χ1) is 15.0. The average molecular weight is 451 g/mol. The van der Waals surface area contributed by atoms with Crippen LogP contribution >= 0.6 is 12.2 Å². The molecule has 0 radical (unpaired) electrons. The third-order valence-corrected chi connectivity index (χ3v) is 5.64. The predicted octanol–water partition coefficient (Wildman–Crippen LogP) is 2.21. The molecule has 0 atom stereocenters. The number of aromatic nitrogens is 1. The molecule has 8 nitrogen and oxygen atoms in total. The Labute approximate surface area is 189 Å². The van der Waals surface area contributed by atoms with Crippen molar-refractivity contribution < 1.29 is 14.2 Å². The molecule has 0 spiro atoms. The lowest BCUT2D eigenvalue weighted by Crippen LogP contribution is -2.45. The standard InChI is InChI=1S/C22H34N4O4S/c1-6-25(7-2)9-10-26(22(31)23-8-11-28-3)15-17-12-16-13-19(29-4)20(30-5)14-18(16)24-21(17)27/h12-14H,6-11,15H2,1-5H3,(H,23,31)(H,24,27). The molecule has 0 saturated heterocycles. The molecule has 0 aliphatic heterocycles. The molecular weight excluding hydrogens is 416 g/mol. The molecule has 1 heterocycles. The molecule has 0 bridgehead atoms. The highest BCUT2D eigenvalue weighted by Crippen LogP contribution is 2.31. The van der Waals surface area contributed by atoms with Crippen molar-refractivity contribution in [1.29, 1.82) is 0 Å². The third-order valence-electron chi connectivity index (χ3n) is 5.24. The van der Waals surface area contributed by atoms with E-state index in [1.54, 1.807) is 27.4 Å². The van der Waals surface area contributed by atoms with Crippen LogP contribution in [-0.4, -0.2) is 80.6 Å².